The van der Waals surface area contributed by atoms with Crippen LogP contribution >= 0.6 is 0 Å². The molecule has 0 fully saturated rings. The number of para-hydroxylation sites is 2. The number of nitrogens with zero attached hydrogens (tertiary/aromatic N) is 1. The van der Waals surface area contributed by atoms with Gasteiger partial charge in [0.15, 0.2) is 11.5 Å². The Morgan fingerprint density at radius 1 is 1.33 bits per heavy atom. The van der Waals surface area contributed by atoms with Gasteiger partial charge in [-0.25, -0.2) is 0 Å². The van der Waals surface area contributed by atoms with Crippen molar-refractivity contribution >= 4 is 0 Å². The molecule has 0 bridgehead atoms. The van der Waals surface area contributed by atoms with Gasteiger partial charge in [0.2, 0.25) is 0 Å². The summed E-state index contributed by atoms with van der Waals surface area (Å²) in [4.78, 5) is 0. The highest BCUT2D eigenvalue weighted by Gasteiger charge is 2.10. The van der Waals surface area contributed by atoms with Crippen LogP contribution < -0.4 is 9.47 Å². The second-order valence-corrected chi connectivity index (χ2v) is 3.16. The predicted octanol–water partition coefficient (Wildman–Crippen LogP) is 2.77. The van der Waals surface area contributed by atoms with Gasteiger partial charge in [0, 0.05) is 0 Å². The third kappa shape index (κ3) is 3.17. The van der Waals surface area contributed by atoms with Crippen molar-refractivity contribution in [2.45, 2.75) is 25.9 Å². The van der Waals surface area contributed by atoms with Crippen molar-refractivity contribution in [3.63, 3.8) is 0 Å². The van der Waals surface area contributed by atoms with Crippen molar-refractivity contribution in [1.29, 1.82) is 5.26 Å². The fraction of sp³-hybridized carbons (Fsp3) is 0.417. The minimum Gasteiger partial charge on any atom is -0.493 e. The van der Waals surface area contributed by atoms with Crippen LogP contribution in [0.3, 0.4) is 0 Å². The highest BCUT2D eigenvalue weighted by Crippen LogP contribution is 2.27. The lowest BCUT2D eigenvalue weighted by Crippen LogP contribution is -2.14. The van der Waals surface area contributed by atoms with Crippen LogP contribution in [0, 0.1) is 11.3 Å². The molecule has 0 aromatic heterocycles. The molecule has 0 aliphatic rings. The van der Waals surface area contributed by atoms with Gasteiger partial charge in [-0.2, -0.15) is 5.26 Å². The third-order valence-corrected chi connectivity index (χ3v) is 2.14. The van der Waals surface area contributed by atoms with E-state index in [-0.39, 0.29) is 6.10 Å². The van der Waals surface area contributed by atoms with Crippen molar-refractivity contribution in [2.24, 2.45) is 0 Å². The summed E-state index contributed by atoms with van der Waals surface area (Å²) in [5.74, 6) is 1.40. The monoisotopic (exact) mass is 205 g/mol. The van der Waals surface area contributed by atoms with Crippen LogP contribution in [-0.2, 0) is 0 Å². The Hall–Kier alpha value is -1.69. The summed E-state index contributed by atoms with van der Waals surface area (Å²) in [6.07, 6.45) is 1.14. The fourth-order valence-electron chi connectivity index (χ4n) is 1.27. The van der Waals surface area contributed by atoms with E-state index in [4.69, 9.17) is 14.7 Å². The number of benzene rings is 1. The molecule has 0 aliphatic carbocycles. The van der Waals surface area contributed by atoms with E-state index in [0.717, 1.165) is 6.42 Å². The summed E-state index contributed by atoms with van der Waals surface area (Å²) in [6.45, 7) is 2.00. The minimum absolute atomic E-state index is 0.0636. The lowest BCUT2D eigenvalue weighted by atomic mass is 10.2. The first-order chi connectivity index (χ1) is 7.31. The van der Waals surface area contributed by atoms with E-state index >= 15 is 0 Å². The first-order valence-electron chi connectivity index (χ1n) is 4.98. The maximum absolute atomic E-state index is 8.61. The van der Waals surface area contributed by atoms with Crippen LogP contribution in [0.5, 0.6) is 11.5 Å². The van der Waals surface area contributed by atoms with E-state index < -0.39 is 0 Å². The van der Waals surface area contributed by atoms with Gasteiger partial charge in [0.25, 0.3) is 0 Å². The molecule has 0 saturated carbocycles. The van der Waals surface area contributed by atoms with Crippen LogP contribution in [0.25, 0.3) is 0 Å². The zero-order chi connectivity index (χ0) is 11.1. The highest BCUT2D eigenvalue weighted by atomic mass is 16.5. The van der Waals surface area contributed by atoms with Crippen LogP contribution in [0.15, 0.2) is 24.3 Å². The smallest absolute Gasteiger partial charge is 0.161 e. The van der Waals surface area contributed by atoms with Crippen LogP contribution in [0.4, 0.5) is 0 Å². The Morgan fingerprint density at radius 3 is 2.53 bits per heavy atom. The number of methoxy groups -OCH3 is 1. The van der Waals surface area contributed by atoms with Crippen molar-refractivity contribution in [1.82, 2.24) is 0 Å². The van der Waals surface area contributed by atoms with Crippen LogP contribution in [0.2, 0.25) is 0 Å². The Bertz CT molecular complexity index is 344. The molecule has 0 aliphatic heterocycles. The van der Waals surface area contributed by atoms with E-state index in [9.17, 15) is 0 Å². The molecule has 80 valence electrons. The lowest BCUT2D eigenvalue weighted by molar-refractivity contribution is 0.193. The van der Waals surface area contributed by atoms with E-state index in [0.29, 0.717) is 17.9 Å². The zero-order valence-corrected chi connectivity index (χ0v) is 9.06. The largest absolute Gasteiger partial charge is 0.493 e. The molecule has 0 amide bonds. The van der Waals surface area contributed by atoms with Gasteiger partial charge < -0.3 is 9.47 Å². The van der Waals surface area contributed by atoms with Gasteiger partial charge in [-0.15, -0.1) is 0 Å². The van der Waals surface area contributed by atoms with Crippen LogP contribution in [0.1, 0.15) is 19.8 Å². The summed E-state index contributed by atoms with van der Waals surface area (Å²) in [5.41, 5.74) is 0. The number of rotatable bonds is 5. The maximum atomic E-state index is 8.61. The van der Waals surface area contributed by atoms with E-state index in [2.05, 4.69) is 6.07 Å². The molecule has 1 aromatic carbocycles. The second-order valence-electron chi connectivity index (χ2n) is 3.16. The van der Waals surface area contributed by atoms with Gasteiger partial charge >= 0.3 is 0 Å². The molecule has 15 heavy (non-hydrogen) atoms. The highest BCUT2D eigenvalue weighted by molar-refractivity contribution is 5.39. The van der Waals surface area contributed by atoms with Gasteiger partial charge in [-0.1, -0.05) is 19.1 Å². The molecule has 0 spiro atoms. The number of hydrogen-bond donors (Lipinski definition) is 0. The van der Waals surface area contributed by atoms with Crippen LogP contribution in [-0.4, -0.2) is 13.2 Å². The summed E-state index contributed by atoms with van der Waals surface area (Å²) in [6, 6.07) is 9.57. The molecular formula is C12H15NO2. The zero-order valence-electron chi connectivity index (χ0n) is 9.06. The molecule has 0 N–H and O–H groups in total. The summed E-state index contributed by atoms with van der Waals surface area (Å²) in [7, 11) is 1.60. The molecule has 1 aromatic rings. The van der Waals surface area contributed by atoms with Crippen molar-refractivity contribution < 1.29 is 9.47 Å². The molecule has 1 rings (SSSR count). The predicted molar refractivity (Wildman–Crippen MR) is 57.9 cm³/mol. The summed E-state index contributed by atoms with van der Waals surface area (Å²) < 4.78 is 10.8. The van der Waals surface area contributed by atoms with Crippen molar-refractivity contribution in [3.8, 4) is 17.6 Å². The Balaban J connectivity index is 2.74. The molecule has 0 heterocycles. The molecule has 1 atom stereocenters. The summed E-state index contributed by atoms with van der Waals surface area (Å²) >= 11 is 0. The fourth-order valence-corrected chi connectivity index (χ4v) is 1.27. The topological polar surface area (TPSA) is 42.2 Å². The Labute approximate surface area is 90.2 Å². The Kier molecular flexibility index (Phi) is 4.49. The normalized spacial score (nSPS) is 11.5. The minimum atomic E-state index is -0.0636. The van der Waals surface area contributed by atoms with Gasteiger partial charge in [-0.05, 0) is 18.6 Å². The molecule has 0 radical (unpaired) electrons. The summed E-state index contributed by atoms with van der Waals surface area (Å²) in [5, 5.41) is 8.61. The molecule has 3 heteroatoms. The lowest BCUT2D eigenvalue weighted by Gasteiger charge is -2.16. The van der Waals surface area contributed by atoms with E-state index in [1.807, 2.05) is 31.2 Å². The Morgan fingerprint density at radius 2 is 2.00 bits per heavy atom. The molecule has 1 unspecified atom stereocenters. The average Bonchev–Trinajstić information content (AvgIpc) is 2.29. The standard InChI is InChI=1S/C12H15NO2/c1-3-10(8-9-13)15-12-7-5-4-6-11(12)14-2/h4-7,10H,3,8H2,1-2H3. The molecule has 0 saturated heterocycles. The van der Waals surface area contributed by atoms with E-state index in [1.54, 1.807) is 7.11 Å². The SMILES string of the molecule is CCC(CC#N)Oc1ccccc1OC. The van der Waals surface area contributed by atoms with Gasteiger partial charge in [0.05, 0.1) is 19.6 Å². The average molecular weight is 205 g/mol. The van der Waals surface area contributed by atoms with Gasteiger partial charge in [0.1, 0.15) is 6.10 Å². The van der Waals surface area contributed by atoms with E-state index in [1.165, 1.54) is 0 Å². The first-order valence-corrected chi connectivity index (χ1v) is 4.98. The molecular weight excluding hydrogens is 190 g/mol. The maximum Gasteiger partial charge on any atom is 0.161 e. The number of nitriles is 1. The van der Waals surface area contributed by atoms with Crippen molar-refractivity contribution in [2.75, 3.05) is 7.11 Å². The second kappa shape index (κ2) is 5.92. The number of hydrogen-bond acceptors (Lipinski definition) is 3. The number of ether oxygens (including phenoxy) is 2. The van der Waals surface area contributed by atoms with Crippen molar-refractivity contribution in [3.05, 3.63) is 24.3 Å². The van der Waals surface area contributed by atoms with Gasteiger partial charge in [-0.3, -0.25) is 0 Å². The third-order valence-electron chi connectivity index (χ3n) is 2.14. The first kappa shape index (κ1) is 11.4. The molecule has 3 nitrogen and oxygen atoms in total. The quantitative estimate of drug-likeness (QED) is 0.742.